The molecule has 0 spiro atoms. The Bertz CT molecular complexity index is 645. The first-order valence-electron chi connectivity index (χ1n) is 6.78. The third kappa shape index (κ3) is 2.39. The number of aromatic nitrogens is 4. The fourth-order valence-corrected chi connectivity index (χ4v) is 3.72. The van der Waals surface area contributed by atoms with Gasteiger partial charge in [-0.15, -0.1) is 16.4 Å². The van der Waals surface area contributed by atoms with Crippen molar-refractivity contribution in [2.24, 2.45) is 5.41 Å². The van der Waals surface area contributed by atoms with E-state index in [1.54, 1.807) is 11.8 Å². The van der Waals surface area contributed by atoms with Gasteiger partial charge in [0.25, 0.3) is 0 Å². The van der Waals surface area contributed by atoms with Crippen LogP contribution >= 0.6 is 11.3 Å². The molecule has 1 aliphatic carbocycles. The quantitative estimate of drug-likeness (QED) is 0.909. The Kier molecular flexibility index (Phi) is 3.62. The van der Waals surface area contributed by atoms with Crippen molar-refractivity contribution in [1.29, 1.82) is 0 Å². The Morgan fingerprint density at radius 3 is 2.95 bits per heavy atom. The maximum atomic E-state index is 11.7. The number of rotatable bonds is 5. The minimum Gasteiger partial charge on any atom is -0.495 e. The van der Waals surface area contributed by atoms with Crippen LogP contribution in [0.4, 0.5) is 0 Å². The van der Waals surface area contributed by atoms with Crippen LogP contribution in [0.1, 0.15) is 25.7 Å². The van der Waals surface area contributed by atoms with Crippen molar-refractivity contribution in [2.45, 2.75) is 32.2 Å². The van der Waals surface area contributed by atoms with E-state index < -0.39 is 11.4 Å². The zero-order chi connectivity index (χ0) is 14.9. The maximum Gasteiger partial charge on any atom is 0.311 e. The van der Waals surface area contributed by atoms with Crippen LogP contribution in [0.25, 0.3) is 10.7 Å². The Labute approximate surface area is 125 Å². The number of ether oxygens (including phenoxy) is 1. The van der Waals surface area contributed by atoms with Crippen LogP contribution in [-0.4, -0.2) is 38.4 Å². The molecule has 1 fully saturated rings. The highest BCUT2D eigenvalue weighted by Gasteiger charge is 2.42. The molecule has 21 heavy (non-hydrogen) atoms. The molecule has 0 radical (unpaired) electrons. The van der Waals surface area contributed by atoms with Gasteiger partial charge in [0.05, 0.1) is 19.1 Å². The number of hydrogen-bond donors (Lipinski definition) is 1. The fourth-order valence-electron chi connectivity index (χ4n) is 2.87. The number of carbonyl (C=O) groups is 1. The van der Waals surface area contributed by atoms with Gasteiger partial charge >= 0.3 is 5.97 Å². The molecule has 0 aliphatic heterocycles. The molecule has 2 aromatic heterocycles. The molecule has 112 valence electrons. The smallest absolute Gasteiger partial charge is 0.311 e. The molecule has 2 heterocycles. The number of hydrogen-bond acceptors (Lipinski definition) is 6. The van der Waals surface area contributed by atoms with Crippen molar-refractivity contribution in [3.05, 3.63) is 11.4 Å². The third-order valence-corrected chi connectivity index (χ3v) is 4.94. The molecule has 2 aromatic rings. The average Bonchev–Trinajstić information content (AvgIpc) is 3.18. The highest BCUT2D eigenvalue weighted by Crippen LogP contribution is 2.41. The largest absolute Gasteiger partial charge is 0.495 e. The number of methoxy groups -OCH3 is 1. The second-order valence-corrected chi connectivity index (χ2v) is 6.19. The maximum absolute atomic E-state index is 11.7. The Hall–Kier alpha value is -1.96. The molecular weight excluding hydrogens is 292 g/mol. The SMILES string of the molecule is COc1ccsc1-c1nnnn1CC1(C(=O)O)CCCC1. The van der Waals surface area contributed by atoms with Gasteiger partial charge in [0.15, 0.2) is 5.82 Å². The molecular formula is C13H16N4O3S. The molecule has 7 nitrogen and oxygen atoms in total. The second kappa shape index (κ2) is 5.44. The number of aliphatic carboxylic acids is 1. The van der Waals surface area contributed by atoms with Gasteiger partial charge in [-0.05, 0) is 34.7 Å². The van der Waals surface area contributed by atoms with Crippen molar-refractivity contribution in [3.8, 4) is 16.5 Å². The summed E-state index contributed by atoms with van der Waals surface area (Å²) in [5.74, 6) is 0.501. The van der Waals surface area contributed by atoms with E-state index in [1.165, 1.54) is 11.3 Å². The summed E-state index contributed by atoms with van der Waals surface area (Å²) in [5, 5.41) is 23.2. The molecule has 0 amide bonds. The average molecular weight is 308 g/mol. The van der Waals surface area contributed by atoms with Gasteiger partial charge in [0, 0.05) is 0 Å². The predicted octanol–water partition coefficient (Wildman–Crippen LogP) is 2.06. The van der Waals surface area contributed by atoms with Crippen LogP contribution in [0, 0.1) is 5.41 Å². The van der Waals surface area contributed by atoms with Crippen molar-refractivity contribution < 1.29 is 14.6 Å². The summed E-state index contributed by atoms with van der Waals surface area (Å²) in [4.78, 5) is 12.5. The lowest BCUT2D eigenvalue weighted by atomic mass is 9.86. The monoisotopic (exact) mass is 308 g/mol. The van der Waals surface area contributed by atoms with Crippen LogP contribution in [0.3, 0.4) is 0 Å². The lowest BCUT2D eigenvalue weighted by molar-refractivity contribution is -0.149. The van der Waals surface area contributed by atoms with Crippen LogP contribution in [0.2, 0.25) is 0 Å². The molecule has 0 atom stereocenters. The first-order chi connectivity index (χ1) is 10.2. The van der Waals surface area contributed by atoms with Gasteiger partial charge in [-0.1, -0.05) is 12.8 Å². The van der Waals surface area contributed by atoms with E-state index in [1.807, 2.05) is 11.4 Å². The molecule has 1 aliphatic rings. The zero-order valence-electron chi connectivity index (χ0n) is 11.7. The third-order valence-electron chi connectivity index (χ3n) is 4.05. The van der Waals surface area contributed by atoms with E-state index >= 15 is 0 Å². The summed E-state index contributed by atoms with van der Waals surface area (Å²) in [7, 11) is 1.59. The van der Waals surface area contributed by atoms with Gasteiger partial charge in [0.2, 0.25) is 0 Å². The van der Waals surface area contributed by atoms with Gasteiger partial charge in [-0.25, -0.2) is 4.68 Å². The zero-order valence-corrected chi connectivity index (χ0v) is 12.5. The fraction of sp³-hybridized carbons (Fsp3) is 0.538. The minimum absolute atomic E-state index is 0.297. The normalized spacial score (nSPS) is 17.0. The Balaban J connectivity index is 1.94. The number of carboxylic acid groups (broad SMARTS) is 1. The standard InChI is InChI=1S/C13H16N4O3S/c1-20-9-4-7-21-10(9)11-14-15-16-17(11)8-13(12(18)19)5-2-3-6-13/h4,7H,2-3,5-6,8H2,1H3,(H,18,19). The first-order valence-corrected chi connectivity index (χ1v) is 7.66. The van der Waals surface area contributed by atoms with Gasteiger partial charge in [0.1, 0.15) is 10.6 Å². The van der Waals surface area contributed by atoms with Crippen LogP contribution in [0.5, 0.6) is 5.75 Å². The molecule has 1 N–H and O–H groups in total. The Morgan fingerprint density at radius 1 is 1.52 bits per heavy atom. The highest BCUT2D eigenvalue weighted by atomic mass is 32.1. The van der Waals surface area contributed by atoms with Gasteiger partial charge in [-0.2, -0.15) is 0 Å². The number of thiophene rings is 1. The minimum atomic E-state index is -0.764. The summed E-state index contributed by atoms with van der Waals surface area (Å²) in [6, 6.07) is 1.85. The summed E-state index contributed by atoms with van der Waals surface area (Å²) in [6.45, 7) is 0.297. The second-order valence-electron chi connectivity index (χ2n) is 5.27. The molecule has 0 saturated heterocycles. The molecule has 1 saturated carbocycles. The van der Waals surface area contributed by atoms with Gasteiger partial charge < -0.3 is 9.84 Å². The van der Waals surface area contributed by atoms with E-state index in [4.69, 9.17) is 4.74 Å². The van der Waals surface area contributed by atoms with E-state index in [-0.39, 0.29) is 0 Å². The predicted molar refractivity (Wildman–Crippen MR) is 76.2 cm³/mol. The van der Waals surface area contributed by atoms with Gasteiger partial charge in [-0.3, -0.25) is 4.79 Å². The van der Waals surface area contributed by atoms with Crippen LogP contribution in [0.15, 0.2) is 11.4 Å². The molecule has 0 aromatic carbocycles. The summed E-state index contributed by atoms with van der Waals surface area (Å²) in [5.41, 5.74) is -0.755. The lowest BCUT2D eigenvalue weighted by Crippen LogP contribution is -2.33. The van der Waals surface area contributed by atoms with Crippen molar-refractivity contribution in [3.63, 3.8) is 0 Å². The summed E-state index contributed by atoms with van der Waals surface area (Å²) >= 11 is 1.48. The van der Waals surface area contributed by atoms with Crippen molar-refractivity contribution >= 4 is 17.3 Å². The lowest BCUT2D eigenvalue weighted by Gasteiger charge is -2.23. The van der Waals surface area contributed by atoms with E-state index in [9.17, 15) is 9.90 Å². The molecule has 0 unspecified atom stereocenters. The van der Waals surface area contributed by atoms with Crippen LogP contribution in [-0.2, 0) is 11.3 Å². The van der Waals surface area contributed by atoms with E-state index in [0.29, 0.717) is 31.0 Å². The topological polar surface area (TPSA) is 90.1 Å². The van der Waals surface area contributed by atoms with Crippen molar-refractivity contribution in [2.75, 3.05) is 7.11 Å². The molecule has 0 bridgehead atoms. The summed E-state index contributed by atoms with van der Waals surface area (Å²) in [6.07, 6.45) is 3.21. The molecule has 3 rings (SSSR count). The summed E-state index contributed by atoms with van der Waals surface area (Å²) < 4.78 is 6.88. The number of tetrazole rings is 1. The van der Waals surface area contributed by atoms with Crippen molar-refractivity contribution in [1.82, 2.24) is 20.2 Å². The van der Waals surface area contributed by atoms with E-state index in [0.717, 1.165) is 17.7 Å². The number of carboxylic acids is 1. The van der Waals surface area contributed by atoms with E-state index in [2.05, 4.69) is 15.5 Å². The first kappa shape index (κ1) is 14.0. The Morgan fingerprint density at radius 2 is 2.29 bits per heavy atom. The highest BCUT2D eigenvalue weighted by molar-refractivity contribution is 7.13. The number of nitrogens with zero attached hydrogens (tertiary/aromatic N) is 4. The van der Waals surface area contributed by atoms with Crippen LogP contribution < -0.4 is 4.74 Å². The molecule has 8 heteroatoms.